The molecule has 2 heterocycles. The molecule has 0 spiro atoms. The molecule has 1 fully saturated rings. The van der Waals surface area contributed by atoms with Crippen LogP contribution in [0.15, 0.2) is 71.1 Å². The summed E-state index contributed by atoms with van der Waals surface area (Å²) in [5, 5.41) is 22.8. The van der Waals surface area contributed by atoms with Crippen molar-refractivity contribution in [3.63, 3.8) is 0 Å². The molecule has 1 amide bonds. The zero-order valence-electron chi connectivity index (χ0n) is 18.5. The molecular formula is C26H30N2O5. The van der Waals surface area contributed by atoms with Gasteiger partial charge in [-0.2, -0.15) is 0 Å². The summed E-state index contributed by atoms with van der Waals surface area (Å²) >= 11 is 0. The molecule has 0 bridgehead atoms. The molecule has 0 aliphatic carbocycles. The normalized spacial score (nSPS) is 19.1. The van der Waals surface area contributed by atoms with E-state index >= 15 is 0 Å². The van der Waals surface area contributed by atoms with Crippen LogP contribution in [0.25, 0.3) is 0 Å². The molecule has 4 rings (SSSR count). The zero-order valence-corrected chi connectivity index (χ0v) is 18.5. The van der Waals surface area contributed by atoms with E-state index in [1.54, 1.807) is 30.3 Å². The number of rotatable bonds is 8. The summed E-state index contributed by atoms with van der Waals surface area (Å²) in [5.41, 5.74) is 1.59. The van der Waals surface area contributed by atoms with Crippen molar-refractivity contribution in [3.8, 4) is 5.75 Å². The fourth-order valence-electron chi connectivity index (χ4n) is 4.01. The third kappa shape index (κ3) is 6.44. The second-order valence-corrected chi connectivity index (χ2v) is 8.35. The van der Waals surface area contributed by atoms with E-state index in [2.05, 4.69) is 10.2 Å². The molecule has 7 heteroatoms. The number of nitrogens with one attached hydrogen (secondary N) is 1. The Labute approximate surface area is 193 Å². The molecule has 0 radical (unpaired) electrons. The second kappa shape index (κ2) is 11.1. The fourth-order valence-corrected chi connectivity index (χ4v) is 4.01. The first-order valence-electron chi connectivity index (χ1n) is 11.3. The highest BCUT2D eigenvalue weighted by Gasteiger charge is 2.27. The van der Waals surface area contributed by atoms with Gasteiger partial charge in [-0.1, -0.05) is 30.3 Å². The molecule has 174 valence electrons. The monoisotopic (exact) mass is 450 g/mol. The minimum absolute atomic E-state index is 0.131. The molecule has 2 atom stereocenters. The lowest BCUT2D eigenvalue weighted by Gasteiger charge is -2.26. The van der Waals surface area contributed by atoms with E-state index in [9.17, 15) is 15.0 Å². The molecule has 3 N–H and O–H groups in total. The van der Waals surface area contributed by atoms with Crippen molar-refractivity contribution in [2.75, 3.05) is 13.1 Å². The summed E-state index contributed by atoms with van der Waals surface area (Å²) in [4.78, 5) is 15.0. The second-order valence-electron chi connectivity index (χ2n) is 8.35. The molecule has 3 aromatic rings. The SMILES string of the molecule is O=C(N[C@H]1CN(Cc2ccc(CO)o2)CCC[C@H]1O)c1ccc(OCc2ccccc2)cc1. The van der Waals surface area contributed by atoms with Crippen LogP contribution in [0.1, 0.15) is 40.3 Å². The number of furan rings is 1. The van der Waals surface area contributed by atoms with Crippen molar-refractivity contribution in [1.29, 1.82) is 0 Å². The van der Waals surface area contributed by atoms with Crippen molar-refractivity contribution in [2.24, 2.45) is 0 Å². The number of hydrogen-bond acceptors (Lipinski definition) is 6. The summed E-state index contributed by atoms with van der Waals surface area (Å²) in [7, 11) is 0. The molecule has 0 saturated carbocycles. The lowest BCUT2D eigenvalue weighted by molar-refractivity contribution is 0.0794. The van der Waals surface area contributed by atoms with Gasteiger partial charge >= 0.3 is 0 Å². The number of ether oxygens (including phenoxy) is 1. The van der Waals surface area contributed by atoms with Gasteiger partial charge in [0.05, 0.1) is 18.7 Å². The van der Waals surface area contributed by atoms with Gasteiger partial charge in [0, 0.05) is 12.1 Å². The number of aliphatic hydroxyl groups excluding tert-OH is 2. The zero-order chi connectivity index (χ0) is 23.0. The van der Waals surface area contributed by atoms with Crippen LogP contribution in [0.2, 0.25) is 0 Å². The number of aliphatic hydroxyl groups is 2. The lowest BCUT2D eigenvalue weighted by atomic mass is 10.1. The van der Waals surface area contributed by atoms with E-state index in [0.29, 0.717) is 43.2 Å². The van der Waals surface area contributed by atoms with Crippen LogP contribution in [-0.4, -0.2) is 46.3 Å². The number of amides is 1. The van der Waals surface area contributed by atoms with Crippen LogP contribution >= 0.6 is 0 Å². The Bertz CT molecular complexity index is 1020. The molecule has 1 aliphatic rings. The minimum atomic E-state index is -0.614. The fraction of sp³-hybridized carbons (Fsp3) is 0.346. The van der Waals surface area contributed by atoms with Crippen LogP contribution in [0.5, 0.6) is 5.75 Å². The van der Waals surface area contributed by atoms with Crippen molar-refractivity contribution in [2.45, 2.75) is 44.7 Å². The molecule has 1 aromatic heterocycles. The minimum Gasteiger partial charge on any atom is -0.489 e. The topological polar surface area (TPSA) is 95.2 Å². The molecule has 0 unspecified atom stereocenters. The quantitative estimate of drug-likeness (QED) is 0.488. The highest BCUT2D eigenvalue weighted by Crippen LogP contribution is 2.18. The molecular weight excluding hydrogens is 420 g/mol. The van der Waals surface area contributed by atoms with E-state index in [1.807, 2.05) is 36.4 Å². The maximum absolute atomic E-state index is 12.8. The van der Waals surface area contributed by atoms with Gasteiger partial charge in [0.1, 0.15) is 30.5 Å². The average molecular weight is 451 g/mol. The van der Waals surface area contributed by atoms with E-state index < -0.39 is 6.10 Å². The maximum Gasteiger partial charge on any atom is 0.251 e. The first-order valence-corrected chi connectivity index (χ1v) is 11.3. The van der Waals surface area contributed by atoms with Crippen LogP contribution in [0.4, 0.5) is 0 Å². The van der Waals surface area contributed by atoms with Gasteiger partial charge in [0.15, 0.2) is 0 Å². The Morgan fingerprint density at radius 3 is 2.55 bits per heavy atom. The number of benzene rings is 2. The third-order valence-electron chi connectivity index (χ3n) is 5.83. The van der Waals surface area contributed by atoms with Gasteiger partial charge in [-0.25, -0.2) is 0 Å². The molecule has 7 nitrogen and oxygen atoms in total. The highest BCUT2D eigenvalue weighted by molar-refractivity contribution is 5.94. The summed E-state index contributed by atoms with van der Waals surface area (Å²) in [6, 6.07) is 20.1. The third-order valence-corrected chi connectivity index (χ3v) is 5.83. The smallest absolute Gasteiger partial charge is 0.251 e. The summed E-state index contributed by atoms with van der Waals surface area (Å²) in [5.74, 6) is 1.75. The van der Waals surface area contributed by atoms with Crippen molar-refractivity contribution < 1.29 is 24.2 Å². The van der Waals surface area contributed by atoms with Crippen LogP contribution in [0, 0.1) is 0 Å². The number of hydrogen-bond donors (Lipinski definition) is 3. The average Bonchev–Trinajstić information content (AvgIpc) is 3.23. The Morgan fingerprint density at radius 2 is 1.82 bits per heavy atom. The van der Waals surface area contributed by atoms with Crippen molar-refractivity contribution >= 4 is 5.91 Å². The molecule has 1 aliphatic heterocycles. The lowest BCUT2D eigenvalue weighted by Crippen LogP contribution is -2.48. The first-order chi connectivity index (χ1) is 16.1. The van der Waals surface area contributed by atoms with Gasteiger partial charge in [0.25, 0.3) is 5.91 Å². The predicted molar refractivity (Wildman–Crippen MR) is 124 cm³/mol. The Morgan fingerprint density at radius 1 is 1.06 bits per heavy atom. The van der Waals surface area contributed by atoms with Gasteiger partial charge in [0.2, 0.25) is 0 Å². The van der Waals surface area contributed by atoms with Crippen LogP contribution in [0.3, 0.4) is 0 Å². The largest absolute Gasteiger partial charge is 0.489 e. The first kappa shape index (κ1) is 23.0. The summed E-state index contributed by atoms with van der Waals surface area (Å²) in [6.45, 7) is 2.21. The molecule has 33 heavy (non-hydrogen) atoms. The van der Waals surface area contributed by atoms with Gasteiger partial charge < -0.3 is 24.7 Å². The van der Waals surface area contributed by atoms with Gasteiger partial charge in [-0.3, -0.25) is 9.69 Å². The van der Waals surface area contributed by atoms with Crippen molar-refractivity contribution in [3.05, 3.63) is 89.4 Å². The summed E-state index contributed by atoms with van der Waals surface area (Å²) in [6.07, 6.45) is 0.833. The van der Waals surface area contributed by atoms with Gasteiger partial charge in [-0.05, 0) is 61.3 Å². The number of carbonyl (C=O) groups excluding carboxylic acids is 1. The van der Waals surface area contributed by atoms with E-state index in [1.165, 1.54) is 0 Å². The Hall–Kier alpha value is -3.13. The van der Waals surface area contributed by atoms with E-state index in [4.69, 9.17) is 9.15 Å². The maximum atomic E-state index is 12.8. The Balaban J connectivity index is 1.33. The number of likely N-dealkylation sites (tertiary alicyclic amines) is 1. The van der Waals surface area contributed by atoms with Crippen molar-refractivity contribution in [1.82, 2.24) is 10.2 Å². The molecule has 1 saturated heterocycles. The van der Waals surface area contributed by atoms with Gasteiger partial charge in [-0.15, -0.1) is 0 Å². The van der Waals surface area contributed by atoms with E-state index in [0.717, 1.165) is 24.3 Å². The Kier molecular flexibility index (Phi) is 7.78. The van der Waals surface area contributed by atoms with Crippen LogP contribution < -0.4 is 10.1 Å². The predicted octanol–water partition coefficient (Wildman–Crippen LogP) is 3.11. The highest BCUT2D eigenvalue weighted by atomic mass is 16.5. The van der Waals surface area contributed by atoms with Crippen LogP contribution in [-0.2, 0) is 19.8 Å². The number of carbonyl (C=O) groups is 1. The standard InChI is InChI=1S/C26H30N2O5/c29-17-23-13-12-22(33-23)15-28-14-4-7-25(30)24(16-28)27-26(31)20-8-10-21(11-9-20)32-18-19-5-2-1-3-6-19/h1-3,5-6,8-13,24-25,29-30H,4,7,14-18H2,(H,27,31)/t24-,25+/m0/s1. The summed E-state index contributed by atoms with van der Waals surface area (Å²) < 4.78 is 11.4. The number of nitrogens with zero attached hydrogens (tertiary/aromatic N) is 1. The van der Waals surface area contributed by atoms with E-state index in [-0.39, 0.29) is 18.6 Å². The molecule has 2 aromatic carbocycles.